The van der Waals surface area contributed by atoms with E-state index in [4.69, 9.17) is 11.6 Å². The Labute approximate surface area is 59.2 Å². The highest BCUT2D eigenvalue weighted by Crippen LogP contribution is 2.28. The highest BCUT2D eigenvalue weighted by atomic mass is 35.5. The van der Waals surface area contributed by atoms with Crippen LogP contribution in [0.25, 0.3) is 0 Å². The van der Waals surface area contributed by atoms with E-state index >= 15 is 0 Å². The van der Waals surface area contributed by atoms with Gasteiger partial charge in [-0.1, -0.05) is 6.92 Å². The summed E-state index contributed by atoms with van der Waals surface area (Å²) < 4.78 is 24.6. The fraction of sp³-hybridized carbons (Fsp3) is 1.00. The quantitative estimate of drug-likeness (QED) is 0.540. The van der Waals surface area contributed by atoms with Crippen molar-refractivity contribution in [2.75, 3.05) is 0 Å². The molecule has 0 radical (unpaired) electrons. The lowest BCUT2D eigenvalue weighted by Gasteiger charge is -2.20. The summed E-state index contributed by atoms with van der Waals surface area (Å²) in [7, 11) is 0. The fourth-order valence-corrected chi connectivity index (χ4v) is 0.624. The Morgan fingerprint density at radius 1 is 1.33 bits per heavy atom. The first-order chi connectivity index (χ1) is 3.85. The highest BCUT2D eigenvalue weighted by molar-refractivity contribution is 6.20. The Balaban J connectivity index is 3.88. The largest absolute Gasteiger partial charge is 0.249 e. The Kier molecular flexibility index (Phi) is 2.87. The lowest BCUT2D eigenvalue weighted by Crippen LogP contribution is -2.27. The molecule has 0 aromatic heterocycles. The van der Waals surface area contributed by atoms with Crippen LogP contribution in [0.2, 0.25) is 0 Å². The van der Waals surface area contributed by atoms with Crippen molar-refractivity contribution in [2.45, 2.75) is 32.1 Å². The molecule has 0 nitrogen and oxygen atoms in total. The molecule has 3 heteroatoms. The van der Waals surface area contributed by atoms with E-state index in [0.29, 0.717) is 0 Å². The number of hydrogen-bond donors (Lipinski definition) is 0. The van der Waals surface area contributed by atoms with Gasteiger partial charge in [-0.3, -0.25) is 0 Å². The SMILES string of the molecule is CC(Cl)C(C)C(C)(F)F. The molecule has 0 aromatic rings. The van der Waals surface area contributed by atoms with Gasteiger partial charge in [0.2, 0.25) is 5.92 Å². The predicted molar refractivity (Wildman–Crippen MR) is 35.1 cm³/mol. The molecule has 0 aromatic carbocycles. The number of rotatable bonds is 2. The van der Waals surface area contributed by atoms with Crippen LogP contribution in [-0.4, -0.2) is 11.3 Å². The molecule has 0 heterocycles. The average molecular weight is 157 g/mol. The lowest BCUT2D eigenvalue weighted by atomic mass is 10.0. The van der Waals surface area contributed by atoms with E-state index in [2.05, 4.69) is 0 Å². The second-order valence-corrected chi connectivity index (χ2v) is 3.11. The Hall–Kier alpha value is 0.150. The van der Waals surface area contributed by atoms with Gasteiger partial charge in [0.1, 0.15) is 0 Å². The van der Waals surface area contributed by atoms with Gasteiger partial charge in [-0.15, -0.1) is 11.6 Å². The van der Waals surface area contributed by atoms with Crippen LogP contribution in [-0.2, 0) is 0 Å². The third-order valence-electron chi connectivity index (χ3n) is 1.49. The minimum atomic E-state index is -2.65. The second-order valence-electron chi connectivity index (χ2n) is 2.42. The molecule has 0 fully saturated rings. The van der Waals surface area contributed by atoms with Crippen LogP contribution in [0.15, 0.2) is 0 Å². The molecule has 0 N–H and O–H groups in total. The average Bonchev–Trinajstić information content (AvgIpc) is 1.62. The summed E-state index contributed by atoms with van der Waals surface area (Å²) in [4.78, 5) is 0. The zero-order valence-corrected chi connectivity index (χ0v) is 6.54. The third-order valence-corrected chi connectivity index (χ3v) is 1.87. The molecule has 0 amide bonds. The van der Waals surface area contributed by atoms with Crippen molar-refractivity contribution in [3.63, 3.8) is 0 Å². The van der Waals surface area contributed by atoms with Crippen molar-refractivity contribution in [3.05, 3.63) is 0 Å². The van der Waals surface area contributed by atoms with Crippen molar-refractivity contribution in [2.24, 2.45) is 5.92 Å². The molecule has 0 aliphatic carbocycles. The maximum atomic E-state index is 12.3. The van der Waals surface area contributed by atoms with E-state index in [1.807, 2.05) is 0 Å². The van der Waals surface area contributed by atoms with Crippen LogP contribution in [0.3, 0.4) is 0 Å². The molecule has 0 saturated carbocycles. The van der Waals surface area contributed by atoms with Gasteiger partial charge in [-0.2, -0.15) is 0 Å². The first-order valence-corrected chi connectivity index (χ1v) is 3.31. The summed E-state index contributed by atoms with van der Waals surface area (Å²) in [5.74, 6) is -3.40. The summed E-state index contributed by atoms with van der Waals surface area (Å²) in [6, 6.07) is 0. The van der Waals surface area contributed by atoms with Crippen molar-refractivity contribution >= 4 is 11.6 Å². The Morgan fingerprint density at radius 2 is 1.67 bits per heavy atom. The van der Waals surface area contributed by atoms with Crippen LogP contribution < -0.4 is 0 Å². The van der Waals surface area contributed by atoms with Crippen LogP contribution >= 0.6 is 11.6 Å². The molecule has 0 bridgehead atoms. The van der Waals surface area contributed by atoms with Gasteiger partial charge < -0.3 is 0 Å². The normalized spacial score (nSPS) is 19.3. The van der Waals surface area contributed by atoms with Gasteiger partial charge in [0, 0.05) is 11.3 Å². The standard InChI is InChI=1S/C6H11ClF2/c1-4(5(2)7)6(3,8)9/h4-5H,1-3H3. The molecular formula is C6H11ClF2. The van der Waals surface area contributed by atoms with Crippen LogP contribution in [0.1, 0.15) is 20.8 Å². The third kappa shape index (κ3) is 2.99. The maximum absolute atomic E-state index is 12.3. The summed E-state index contributed by atoms with van der Waals surface area (Å²) >= 11 is 5.43. The van der Waals surface area contributed by atoms with Crippen LogP contribution in [0.4, 0.5) is 8.78 Å². The lowest BCUT2D eigenvalue weighted by molar-refractivity contribution is -0.0319. The van der Waals surface area contributed by atoms with E-state index in [1.54, 1.807) is 6.92 Å². The zero-order chi connectivity index (χ0) is 7.65. The summed E-state index contributed by atoms with van der Waals surface area (Å²) in [6.45, 7) is 3.90. The topological polar surface area (TPSA) is 0 Å². The van der Waals surface area contributed by atoms with Gasteiger partial charge in [0.15, 0.2) is 0 Å². The molecule has 0 rings (SSSR count). The zero-order valence-electron chi connectivity index (χ0n) is 5.79. The van der Waals surface area contributed by atoms with Gasteiger partial charge in [-0.05, 0) is 13.8 Å². The van der Waals surface area contributed by atoms with Crippen molar-refractivity contribution in [1.29, 1.82) is 0 Å². The first kappa shape index (κ1) is 9.15. The second kappa shape index (κ2) is 2.82. The Morgan fingerprint density at radius 3 is 1.67 bits per heavy atom. The Bertz CT molecular complexity index is 85.5. The van der Waals surface area contributed by atoms with E-state index in [1.165, 1.54) is 6.92 Å². The molecular weight excluding hydrogens is 146 g/mol. The molecule has 0 aliphatic heterocycles. The van der Waals surface area contributed by atoms with Gasteiger partial charge in [-0.25, -0.2) is 8.78 Å². The number of halogens is 3. The van der Waals surface area contributed by atoms with E-state index < -0.39 is 17.2 Å². The molecule has 0 spiro atoms. The summed E-state index contributed by atoms with van der Waals surface area (Å²) in [6.07, 6.45) is 0. The minimum Gasteiger partial charge on any atom is -0.207 e. The number of hydrogen-bond acceptors (Lipinski definition) is 0. The first-order valence-electron chi connectivity index (χ1n) is 2.87. The van der Waals surface area contributed by atoms with Crippen molar-refractivity contribution < 1.29 is 8.78 Å². The van der Waals surface area contributed by atoms with E-state index in [-0.39, 0.29) is 0 Å². The van der Waals surface area contributed by atoms with Crippen molar-refractivity contribution in [3.8, 4) is 0 Å². The number of alkyl halides is 3. The molecule has 2 atom stereocenters. The van der Waals surface area contributed by atoms with Gasteiger partial charge in [0.05, 0.1) is 0 Å². The highest BCUT2D eigenvalue weighted by Gasteiger charge is 2.33. The summed E-state index contributed by atoms with van der Waals surface area (Å²) in [5, 5.41) is -0.468. The van der Waals surface area contributed by atoms with Crippen LogP contribution in [0.5, 0.6) is 0 Å². The molecule has 9 heavy (non-hydrogen) atoms. The molecule has 2 unspecified atom stereocenters. The van der Waals surface area contributed by atoms with Crippen molar-refractivity contribution in [1.82, 2.24) is 0 Å². The fourth-order valence-electron chi connectivity index (χ4n) is 0.403. The predicted octanol–water partition coefficient (Wildman–Crippen LogP) is 2.91. The molecule has 0 aliphatic rings. The smallest absolute Gasteiger partial charge is 0.207 e. The minimum absolute atomic E-state index is 0.468. The van der Waals surface area contributed by atoms with E-state index in [9.17, 15) is 8.78 Å². The monoisotopic (exact) mass is 156 g/mol. The van der Waals surface area contributed by atoms with Gasteiger partial charge in [0.25, 0.3) is 0 Å². The van der Waals surface area contributed by atoms with E-state index in [0.717, 1.165) is 6.92 Å². The molecule has 0 saturated heterocycles. The van der Waals surface area contributed by atoms with Crippen LogP contribution in [0, 0.1) is 5.92 Å². The van der Waals surface area contributed by atoms with Gasteiger partial charge >= 0.3 is 0 Å². The maximum Gasteiger partial charge on any atom is 0.249 e. The summed E-state index contributed by atoms with van der Waals surface area (Å²) in [5.41, 5.74) is 0. The molecule has 56 valence electrons.